The summed E-state index contributed by atoms with van der Waals surface area (Å²) in [6.07, 6.45) is 0.331. The molecule has 1 fully saturated rings. The molecule has 0 aromatic heterocycles. The Bertz CT molecular complexity index is 943. The van der Waals surface area contributed by atoms with Gasteiger partial charge in [-0.1, -0.05) is 23.2 Å². The van der Waals surface area contributed by atoms with Crippen LogP contribution in [0.3, 0.4) is 0 Å². The number of nitriles is 1. The molecule has 0 bridgehead atoms. The molecule has 0 saturated carbocycles. The molecular weight excluding hydrogens is 380 g/mol. The van der Waals surface area contributed by atoms with Gasteiger partial charge in [-0.25, -0.2) is 4.39 Å². The van der Waals surface area contributed by atoms with E-state index >= 15 is 0 Å². The fraction of sp³-hybridized carbons (Fsp3) is 0.167. The summed E-state index contributed by atoms with van der Waals surface area (Å²) in [5.74, 6) is -2.41. The summed E-state index contributed by atoms with van der Waals surface area (Å²) in [6, 6.07) is 10.2. The molecule has 8 heteroatoms. The van der Waals surface area contributed by atoms with Crippen molar-refractivity contribution in [1.82, 2.24) is 0 Å². The largest absolute Gasteiger partial charge is 0.325 e. The summed E-state index contributed by atoms with van der Waals surface area (Å²) >= 11 is 11.9. The van der Waals surface area contributed by atoms with E-state index in [-0.39, 0.29) is 17.2 Å². The van der Waals surface area contributed by atoms with E-state index in [1.54, 1.807) is 24.3 Å². The van der Waals surface area contributed by atoms with Gasteiger partial charge >= 0.3 is 0 Å². The van der Waals surface area contributed by atoms with Gasteiger partial charge in [0.25, 0.3) is 0 Å². The number of hydrogen-bond acceptors (Lipinski definition) is 3. The van der Waals surface area contributed by atoms with Crippen molar-refractivity contribution < 1.29 is 14.0 Å². The standard InChI is InChI=1S/C18H12Cl2FN3O2/c19-14-3-2-12(8-15(14)20)24-6-5-13(18(24)26)17(25)23-11-1-4-16(21)10(7-11)9-22/h1-4,7-8,13H,5-6H2,(H,23,25)/t13-/m0/s1. The molecule has 1 saturated heterocycles. The number of anilines is 2. The first-order valence-corrected chi connectivity index (χ1v) is 8.43. The Morgan fingerprint density at radius 1 is 1.23 bits per heavy atom. The van der Waals surface area contributed by atoms with Gasteiger partial charge in [-0.2, -0.15) is 5.26 Å². The van der Waals surface area contributed by atoms with Crippen LogP contribution in [0.5, 0.6) is 0 Å². The van der Waals surface area contributed by atoms with E-state index in [0.29, 0.717) is 28.7 Å². The Morgan fingerprint density at radius 3 is 2.69 bits per heavy atom. The molecule has 0 unspecified atom stereocenters. The lowest BCUT2D eigenvalue weighted by atomic mass is 10.1. The van der Waals surface area contributed by atoms with Crippen LogP contribution in [0.1, 0.15) is 12.0 Å². The fourth-order valence-corrected chi connectivity index (χ4v) is 3.04. The molecule has 0 spiro atoms. The molecule has 132 valence electrons. The first-order chi connectivity index (χ1) is 12.4. The Balaban J connectivity index is 1.74. The van der Waals surface area contributed by atoms with Crippen LogP contribution < -0.4 is 10.2 Å². The number of carbonyl (C=O) groups excluding carboxylic acids is 2. The van der Waals surface area contributed by atoms with Crippen molar-refractivity contribution in [2.24, 2.45) is 5.92 Å². The van der Waals surface area contributed by atoms with Crippen LogP contribution in [-0.4, -0.2) is 18.4 Å². The molecule has 26 heavy (non-hydrogen) atoms. The molecule has 2 amide bonds. The van der Waals surface area contributed by atoms with E-state index in [0.717, 1.165) is 6.07 Å². The average Bonchev–Trinajstić information content (AvgIpc) is 3.00. The molecule has 1 aliphatic heterocycles. The summed E-state index contributed by atoms with van der Waals surface area (Å²) in [5, 5.41) is 12.1. The maximum atomic E-state index is 13.4. The number of rotatable bonds is 3. The maximum Gasteiger partial charge on any atom is 0.239 e. The van der Waals surface area contributed by atoms with Crippen LogP contribution in [0.15, 0.2) is 36.4 Å². The van der Waals surface area contributed by atoms with Crippen LogP contribution in [0, 0.1) is 23.1 Å². The van der Waals surface area contributed by atoms with Crippen molar-refractivity contribution >= 4 is 46.4 Å². The predicted molar refractivity (Wildman–Crippen MR) is 96.7 cm³/mol. The van der Waals surface area contributed by atoms with Gasteiger partial charge in [-0.05, 0) is 42.8 Å². The molecule has 2 aromatic rings. The van der Waals surface area contributed by atoms with Gasteiger partial charge < -0.3 is 10.2 Å². The minimum atomic E-state index is -0.875. The van der Waals surface area contributed by atoms with Crippen LogP contribution in [0.25, 0.3) is 0 Å². The molecule has 1 atom stereocenters. The number of nitrogens with zero attached hydrogens (tertiary/aromatic N) is 2. The summed E-state index contributed by atoms with van der Waals surface area (Å²) in [7, 11) is 0. The van der Waals surface area contributed by atoms with Crippen molar-refractivity contribution in [3.8, 4) is 6.07 Å². The van der Waals surface area contributed by atoms with Crippen LogP contribution >= 0.6 is 23.2 Å². The van der Waals surface area contributed by atoms with Gasteiger partial charge in [0, 0.05) is 17.9 Å². The number of hydrogen-bond donors (Lipinski definition) is 1. The molecule has 3 rings (SSSR count). The SMILES string of the molecule is N#Cc1cc(NC(=O)[C@@H]2CCN(c3ccc(Cl)c(Cl)c3)C2=O)ccc1F. The van der Waals surface area contributed by atoms with Gasteiger partial charge in [0.15, 0.2) is 0 Å². The third-order valence-electron chi connectivity index (χ3n) is 4.09. The average molecular weight is 392 g/mol. The van der Waals surface area contributed by atoms with Crippen molar-refractivity contribution in [3.05, 3.63) is 57.8 Å². The van der Waals surface area contributed by atoms with Crippen molar-refractivity contribution in [2.45, 2.75) is 6.42 Å². The molecule has 0 aliphatic carbocycles. The van der Waals surface area contributed by atoms with E-state index in [1.807, 2.05) is 0 Å². The van der Waals surface area contributed by atoms with Crippen molar-refractivity contribution in [1.29, 1.82) is 5.26 Å². The Morgan fingerprint density at radius 2 is 2.00 bits per heavy atom. The van der Waals surface area contributed by atoms with Gasteiger partial charge in [0.05, 0.1) is 15.6 Å². The monoisotopic (exact) mass is 391 g/mol. The number of carbonyl (C=O) groups is 2. The van der Waals surface area contributed by atoms with Gasteiger partial charge in [0.2, 0.25) is 11.8 Å². The van der Waals surface area contributed by atoms with Crippen LogP contribution in [0.4, 0.5) is 15.8 Å². The molecule has 1 heterocycles. The quantitative estimate of drug-likeness (QED) is 0.803. The molecule has 1 aliphatic rings. The lowest BCUT2D eigenvalue weighted by molar-refractivity contribution is -0.129. The highest BCUT2D eigenvalue weighted by Crippen LogP contribution is 2.31. The second-order valence-corrected chi connectivity index (χ2v) is 6.54. The normalized spacial score (nSPS) is 16.5. The first-order valence-electron chi connectivity index (χ1n) is 7.67. The van der Waals surface area contributed by atoms with E-state index in [1.165, 1.54) is 17.0 Å². The summed E-state index contributed by atoms with van der Waals surface area (Å²) in [5.41, 5.74) is 0.639. The minimum absolute atomic E-state index is 0.182. The topological polar surface area (TPSA) is 73.2 Å². The fourth-order valence-electron chi connectivity index (χ4n) is 2.75. The Labute approximate surface area is 158 Å². The molecule has 5 nitrogen and oxygen atoms in total. The van der Waals surface area contributed by atoms with E-state index in [2.05, 4.69) is 5.32 Å². The summed E-state index contributed by atoms with van der Waals surface area (Å²) in [4.78, 5) is 26.5. The second kappa shape index (κ2) is 7.32. The van der Waals surface area contributed by atoms with Gasteiger partial charge in [-0.3, -0.25) is 9.59 Å². The lowest BCUT2D eigenvalue weighted by Crippen LogP contribution is -2.33. The molecule has 2 aromatic carbocycles. The number of amides is 2. The van der Waals surface area contributed by atoms with E-state index < -0.39 is 17.6 Å². The van der Waals surface area contributed by atoms with Gasteiger partial charge in [0.1, 0.15) is 17.8 Å². The smallest absolute Gasteiger partial charge is 0.239 e. The number of benzene rings is 2. The Kier molecular flexibility index (Phi) is 5.12. The van der Waals surface area contributed by atoms with E-state index in [4.69, 9.17) is 28.5 Å². The highest BCUT2D eigenvalue weighted by Gasteiger charge is 2.37. The first kappa shape index (κ1) is 18.2. The lowest BCUT2D eigenvalue weighted by Gasteiger charge is -2.17. The molecule has 1 N–H and O–H groups in total. The van der Waals surface area contributed by atoms with E-state index in [9.17, 15) is 14.0 Å². The molecular formula is C18H12Cl2FN3O2. The second-order valence-electron chi connectivity index (χ2n) is 5.73. The zero-order valence-electron chi connectivity index (χ0n) is 13.3. The highest BCUT2D eigenvalue weighted by molar-refractivity contribution is 6.42. The zero-order valence-corrected chi connectivity index (χ0v) is 14.8. The summed E-state index contributed by atoms with van der Waals surface area (Å²) in [6.45, 7) is 0.363. The molecule has 0 radical (unpaired) electrons. The number of nitrogens with one attached hydrogen (secondary N) is 1. The third kappa shape index (κ3) is 3.50. The van der Waals surface area contributed by atoms with Crippen LogP contribution in [0.2, 0.25) is 10.0 Å². The number of halogens is 3. The van der Waals surface area contributed by atoms with Crippen molar-refractivity contribution in [3.63, 3.8) is 0 Å². The maximum absolute atomic E-state index is 13.4. The zero-order chi connectivity index (χ0) is 18.8. The minimum Gasteiger partial charge on any atom is -0.325 e. The van der Waals surface area contributed by atoms with Crippen LogP contribution in [-0.2, 0) is 9.59 Å². The summed E-state index contributed by atoms with van der Waals surface area (Å²) < 4.78 is 13.4. The van der Waals surface area contributed by atoms with Gasteiger partial charge in [-0.15, -0.1) is 0 Å². The van der Waals surface area contributed by atoms with Crippen molar-refractivity contribution in [2.75, 3.05) is 16.8 Å². The predicted octanol–water partition coefficient (Wildman–Crippen LogP) is 4.00. The highest BCUT2D eigenvalue weighted by atomic mass is 35.5. The third-order valence-corrected chi connectivity index (χ3v) is 4.83. The Hall–Kier alpha value is -2.62.